The van der Waals surface area contributed by atoms with Crippen molar-refractivity contribution in [3.8, 4) is 0 Å². The van der Waals surface area contributed by atoms with E-state index >= 15 is 0 Å². The van der Waals surface area contributed by atoms with E-state index in [-0.39, 0.29) is 28.3 Å². The topological polar surface area (TPSA) is 84.8 Å². The van der Waals surface area contributed by atoms with Gasteiger partial charge >= 0.3 is 7.94 Å². The second-order valence-corrected chi connectivity index (χ2v) is 19.1. The first-order valence-electron chi connectivity index (χ1n) is 18.0. The molecule has 0 spiro atoms. The van der Waals surface area contributed by atoms with Crippen LogP contribution in [0.2, 0.25) is 0 Å². The highest BCUT2D eigenvalue weighted by Gasteiger charge is 2.46. The van der Waals surface area contributed by atoms with Crippen LogP contribution in [0.3, 0.4) is 0 Å². The molecule has 0 saturated carbocycles. The van der Waals surface area contributed by atoms with Gasteiger partial charge in [-0.3, -0.25) is 0 Å². The maximum atomic E-state index is 9.02. The molecule has 0 aromatic carbocycles. The maximum Gasteiger partial charge on any atom is 0.403 e. The van der Waals surface area contributed by atoms with Crippen molar-refractivity contribution < 1.29 is 14.7 Å². The summed E-state index contributed by atoms with van der Waals surface area (Å²) in [4.78, 5) is 27.1. The lowest BCUT2D eigenvalue weighted by atomic mass is 9.61. The second kappa shape index (κ2) is 17.2. The first-order chi connectivity index (χ1) is 19.4. The van der Waals surface area contributed by atoms with E-state index < -0.39 is 7.94 Å². The van der Waals surface area contributed by atoms with Crippen molar-refractivity contribution in [1.82, 2.24) is 10.6 Å². The van der Waals surface area contributed by atoms with Gasteiger partial charge in [-0.15, -0.1) is 0 Å². The van der Waals surface area contributed by atoms with Crippen molar-refractivity contribution in [3.63, 3.8) is 0 Å². The Hall–Kier alpha value is 0.230. The summed E-state index contributed by atoms with van der Waals surface area (Å²) in [5, 5.41) is 7.90. The first kappa shape index (κ1) is 38.4. The fourth-order valence-corrected chi connectivity index (χ4v) is 9.91. The van der Waals surface area contributed by atoms with Crippen LogP contribution in [0.4, 0.5) is 0 Å². The molecule has 6 heteroatoms. The average Bonchev–Trinajstić information content (AvgIpc) is 2.78. The van der Waals surface area contributed by atoms with E-state index in [0.717, 1.165) is 37.0 Å². The Kier molecular flexibility index (Phi) is 15.8. The number of rotatable bonds is 20. The Morgan fingerprint density at radius 1 is 0.476 bits per heavy atom. The van der Waals surface area contributed by atoms with Gasteiger partial charge in [-0.05, 0) is 118 Å². The minimum absolute atomic E-state index is 0.165. The molecule has 0 unspecified atom stereocenters. The summed E-state index contributed by atoms with van der Waals surface area (Å²) in [5.74, 6) is 2.48. The Morgan fingerprint density at radius 3 is 1.02 bits per heavy atom. The molecule has 0 aromatic rings. The van der Waals surface area contributed by atoms with Crippen LogP contribution in [0.1, 0.15) is 184 Å². The molecule has 5 nitrogen and oxygen atoms in total. The van der Waals surface area contributed by atoms with E-state index in [0.29, 0.717) is 0 Å². The molecule has 2 rings (SSSR count). The van der Waals surface area contributed by atoms with Gasteiger partial charge < -0.3 is 10.6 Å². The van der Waals surface area contributed by atoms with Gasteiger partial charge in [0.1, 0.15) is 6.16 Å². The van der Waals surface area contributed by atoms with Gasteiger partial charge in [0.05, 0.1) is 0 Å². The summed E-state index contributed by atoms with van der Waals surface area (Å²) in [6.07, 6.45) is 26.1. The number of hydrogen-bond acceptors (Lipinski definition) is 5. The Morgan fingerprint density at radius 2 is 0.738 bits per heavy atom. The molecule has 0 amide bonds. The number of hydrogen-bond donors (Lipinski definition) is 5. The lowest BCUT2D eigenvalue weighted by molar-refractivity contribution is 0.0206. The van der Waals surface area contributed by atoms with Crippen LogP contribution in [-0.4, -0.2) is 43.0 Å². The van der Waals surface area contributed by atoms with Crippen LogP contribution in [0.25, 0.3) is 0 Å². The molecule has 0 aliphatic carbocycles. The molecule has 2 aliphatic rings. The normalized spacial score (nSPS) is 22.6. The molecule has 0 aromatic heterocycles. The Bertz CT molecular complexity index is 676. The largest absolute Gasteiger partial charge is 0.403 e. The lowest BCUT2D eigenvalue weighted by Crippen LogP contribution is -2.61. The molecule has 5 N–H and O–H groups in total. The predicted octanol–water partition coefficient (Wildman–Crippen LogP) is 9.70. The second-order valence-electron chi connectivity index (χ2n) is 17.3. The smallest absolute Gasteiger partial charge is 0.307 e. The third-order valence-electron chi connectivity index (χ3n) is 10.2. The molecule has 0 radical (unpaired) electrons. The minimum atomic E-state index is -3.54. The maximum absolute atomic E-state index is 9.02. The third kappa shape index (κ3) is 16.5. The minimum Gasteiger partial charge on any atom is -0.307 e. The highest BCUT2D eigenvalue weighted by atomic mass is 31.2. The number of nitrogens with one attached hydrogen (secondary N) is 2. The van der Waals surface area contributed by atoms with E-state index in [2.05, 4.69) is 66.0 Å². The van der Waals surface area contributed by atoms with Crippen molar-refractivity contribution in [2.24, 2.45) is 17.8 Å². The monoisotopic (exact) mass is 614 g/mol. The van der Waals surface area contributed by atoms with Gasteiger partial charge in [0.2, 0.25) is 0 Å². The fourth-order valence-electron chi connectivity index (χ4n) is 9.27. The first-order valence-corrected chi connectivity index (χ1v) is 19.9. The van der Waals surface area contributed by atoms with E-state index in [4.69, 9.17) is 14.7 Å². The van der Waals surface area contributed by atoms with Crippen molar-refractivity contribution in [2.45, 2.75) is 206 Å². The van der Waals surface area contributed by atoms with Crippen molar-refractivity contribution in [1.29, 1.82) is 0 Å². The Labute approximate surface area is 262 Å². The summed E-state index contributed by atoms with van der Waals surface area (Å²) in [5.41, 5.74) is 0.891. The summed E-state index contributed by atoms with van der Waals surface area (Å²) in [6, 6.07) is 0. The van der Waals surface area contributed by atoms with Crippen molar-refractivity contribution in [3.05, 3.63) is 0 Å². The van der Waals surface area contributed by atoms with Crippen LogP contribution in [0.15, 0.2) is 0 Å². The van der Waals surface area contributed by atoms with E-state index in [1.54, 1.807) is 0 Å². The molecule has 2 fully saturated rings. The van der Waals surface area contributed by atoms with Crippen molar-refractivity contribution >= 4 is 7.94 Å². The summed E-state index contributed by atoms with van der Waals surface area (Å²) in [7, 11) is -3.54. The zero-order valence-electron chi connectivity index (χ0n) is 29.4. The molecule has 2 heterocycles. The van der Waals surface area contributed by atoms with Gasteiger partial charge in [0.15, 0.2) is 0 Å². The molecule has 250 valence electrons. The zero-order chi connectivity index (χ0) is 31.5. The third-order valence-corrected chi connectivity index (χ3v) is 11.1. The highest BCUT2D eigenvalue weighted by Crippen LogP contribution is 2.47. The average molecular weight is 614 g/mol. The van der Waals surface area contributed by atoms with Crippen LogP contribution < -0.4 is 10.6 Å². The number of piperidine rings is 2. The van der Waals surface area contributed by atoms with Gasteiger partial charge in [-0.2, -0.15) is 14.7 Å². The van der Waals surface area contributed by atoms with Gasteiger partial charge in [-0.25, -0.2) is 0 Å². The van der Waals surface area contributed by atoms with Gasteiger partial charge in [0.25, 0.3) is 0 Å². The van der Waals surface area contributed by atoms with Gasteiger partial charge in [0, 0.05) is 22.2 Å². The zero-order valence-corrected chi connectivity index (χ0v) is 30.3. The molecule has 0 atom stereocenters. The SMILES string of the molecule is CC1(C)CC(C(CCCCCCCCCCCCCCCCC[P+](O)(O)O)C2CC(C)(C)NC(C)(C)C2)CC(C)(C)N1. The van der Waals surface area contributed by atoms with Crippen LogP contribution in [-0.2, 0) is 0 Å². The molecule has 42 heavy (non-hydrogen) atoms. The predicted molar refractivity (Wildman–Crippen MR) is 184 cm³/mol. The molecule has 0 bridgehead atoms. The lowest BCUT2D eigenvalue weighted by Gasteiger charge is -2.54. The summed E-state index contributed by atoms with van der Waals surface area (Å²) in [6.45, 7) is 19.4. The van der Waals surface area contributed by atoms with E-state index in [1.807, 2.05) is 0 Å². The Balaban J connectivity index is 1.64. The highest BCUT2D eigenvalue weighted by molar-refractivity contribution is 7.58. The fraction of sp³-hybridized carbons (Fsp3) is 1.00. The quantitative estimate of drug-likeness (QED) is 0.0697. The van der Waals surface area contributed by atoms with Gasteiger partial charge in [-0.1, -0.05) is 83.5 Å². The standard InChI is InChI=1S/C36H74N2O3P/c1-33(2)26-30(27-34(3,4)37-33)32(31-28-35(5,6)38-36(7,8)29-31)24-22-20-18-16-14-12-10-9-11-13-15-17-19-21-23-25-42(39,40)41/h30-32,37-41H,9-29H2,1-8H3/q+1. The molecular formula is C36H74N2O3P+. The van der Waals surface area contributed by atoms with Crippen LogP contribution in [0.5, 0.6) is 0 Å². The number of unbranched alkanes of at least 4 members (excludes halogenated alkanes) is 14. The van der Waals surface area contributed by atoms with E-state index in [1.165, 1.54) is 109 Å². The molecule has 2 aliphatic heterocycles. The van der Waals surface area contributed by atoms with Crippen molar-refractivity contribution in [2.75, 3.05) is 6.16 Å². The van der Waals surface area contributed by atoms with Crippen LogP contribution in [0, 0.1) is 17.8 Å². The summed E-state index contributed by atoms with van der Waals surface area (Å²) >= 11 is 0. The molecule has 2 saturated heterocycles. The van der Waals surface area contributed by atoms with E-state index in [9.17, 15) is 0 Å². The molecular weight excluding hydrogens is 539 g/mol. The summed E-state index contributed by atoms with van der Waals surface area (Å²) < 4.78 is 0. The van der Waals surface area contributed by atoms with Crippen LogP contribution >= 0.6 is 7.94 Å².